The van der Waals surface area contributed by atoms with Gasteiger partial charge in [-0.3, -0.25) is 19.3 Å². The molecule has 0 spiro atoms. The third-order valence-corrected chi connectivity index (χ3v) is 5.50. The number of hydrogen-bond acceptors (Lipinski definition) is 3. The number of benzene rings is 2. The summed E-state index contributed by atoms with van der Waals surface area (Å²) < 4.78 is 0. The van der Waals surface area contributed by atoms with E-state index in [0.717, 1.165) is 22.6 Å². The highest BCUT2D eigenvalue weighted by atomic mass is 35.5. The number of amides is 3. The maximum absolute atomic E-state index is 12.9. The van der Waals surface area contributed by atoms with Gasteiger partial charge in [0, 0.05) is 11.7 Å². The minimum Gasteiger partial charge on any atom is -0.307 e. The highest BCUT2D eigenvalue weighted by Crippen LogP contribution is 2.34. The van der Waals surface area contributed by atoms with Gasteiger partial charge in [0.05, 0.1) is 21.2 Å². The van der Waals surface area contributed by atoms with Gasteiger partial charge in [-0.25, -0.2) is 0 Å². The molecule has 5 nitrogen and oxygen atoms in total. The molecular weight excluding hydrogens is 375 g/mol. The molecule has 2 aromatic rings. The van der Waals surface area contributed by atoms with Crippen molar-refractivity contribution in [3.63, 3.8) is 0 Å². The molecule has 0 aliphatic carbocycles. The number of carbonyl (C=O) groups excluding carboxylic acids is 3. The number of carbonyl (C=O) groups is 3. The third-order valence-electron chi connectivity index (χ3n) is 4.78. The fraction of sp³-hybridized carbons (Fsp3) is 0.211. The first-order chi connectivity index (χ1) is 12.4. The van der Waals surface area contributed by atoms with Gasteiger partial charge in [0.2, 0.25) is 5.91 Å². The Hall–Kier alpha value is -2.37. The highest BCUT2D eigenvalue weighted by molar-refractivity contribution is 6.43. The number of nitrogens with zero attached hydrogens (tertiary/aromatic N) is 2. The molecule has 7 heteroatoms. The molecule has 1 unspecified atom stereocenters. The van der Waals surface area contributed by atoms with Gasteiger partial charge >= 0.3 is 0 Å². The van der Waals surface area contributed by atoms with Crippen molar-refractivity contribution in [2.75, 3.05) is 11.4 Å². The second-order valence-electron chi connectivity index (χ2n) is 6.45. The standard InChI is InChI=1S/C19H14Cl2N2O3/c1-10-6-11-4-2-3-5-16(11)23(10)17(24)9-22-18(25)12-7-14(20)15(21)8-13(12)19(22)26/h2-5,7-8,10H,6,9H2,1H3. The molecule has 0 saturated carbocycles. The van der Waals surface area contributed by atoms with Gasteiger partial charge in [-0.05, 0) is 37.1 Å². The molecule has 4 rings (SSSR count). The van der Waals surface area contributed by atoms with Crippen molar-refractivity contribution in [2.45, 2.75) is 19.4 Å². The summed E-state index contributed by atoms with van der Waals surface area (Å²) in [7, 11) is 0. The monoisotopic (exact) mass is 388 g/mol. The van der Waals surface area contributed by atoms with E-state index in [1.807, 2.05) is 31.2 Å². The summed E-state index contributed by atoms with van der Waals surface area (Å²) >= 11 is 11.9. The molecule has 3 amide bonds. The molecule has 2 heterocycles. The van der Waals surface area contributed by atoms with Gasteiger partial charge in [0.1, 0.15) is 6.54 Å². The number of halogens is 2. The first-order valence-electron chi connectivity index (χ1n) is 8.13. The molecule has 0 aromatic heterocycles. The lowest BCUT2D eigenvalue weighted by Crippen LogP contribution is -2.45. The van der Waals surface area contributed by atoms with Gasteiger partial charge in [-0.2, -0.15) is 0 Å². The molecular formula is C19H14Cl2N2O3. The van der Waals surface area contributed by atoms with Crippen molar-refractivity contribution < 1.29 is 14.4 Å². The van der Waals surface area contributed by atoms with Crippen molar-refractivity contribution in [1.29, 1.82) is 0 Å². The van der Waals surface area contributed by atoms with Crippen LogP contribution in [0.3, 0.4) is 0 Å². The predicted molar refractivity (Wildman–Crippen MR) is 98.9 cm³/mol. The van der Waals surface area contributed by atoms with E-state index in [-0.39, 0.29) is 39.7 Å². The number of para-hydroxylation sites is 1. The first-order valence-corrected chi connectivity index (χ1v) is 8.89. The number of anilines is 1. The Labute approximate surface area is 160 Å². The van der Waals surface area contributed by atoms with E-state index in [2.05, 4.69) is 0 Å². The molecule has 132 valence electrons. The predicted octanol–water partition coefficient (Wildman–Crippen LogP) is 3.57. The maximum Gasteiger partial charge on any atom is 0.262 e. The van der Waals surface area contributed by atoms with Crippen LogP contribution in [-0.4, -0.2) is 35.2 Å². The van der Waals surface area contributed by atoms with E-state index < -0.39 is 11.8 Å². The SMILES string of the molecule is CC1Cc2ccccc2N1C(=O)CN1C(=O)c2cc(Cl)c(Cl)cc2C1=O. The number of imide groups is 1. The Morgan fingerprint density at radius 1 is 1.08 bits per heavy atom. The minimum absolute atomic E-state index is 0.0287. The van der Waals surface area contributed by atoms with E-state index in [0.29, 0.717) is 0 Å². The second-order valence-corrected chi connectivity index (χ2v) is 7.27. The van der Waals surface area contributed by atoms with Gasteiger partial charge < -0.3 is 4.90 Å². The Morgan fingerprint density at radius 2 is 1.65 bits per heavy atom. The van der Waals surface area contributed by atoms with Crippen LogP contribution in [0.5, 0.6) is 0 Å². The third kappa shape index (κ3) is 2.50. The zero-order valence-electron chi connectivity index (χ0n) is 13.8. The van der Waals surface area contributed by atoms with Crippen LogP contribution in [0, 0.1) is 0 Å². The first kappa shape index (κ1) is 17.1. The Balaban J connectivity index is 1.61. The average molecular weight is 389 g/mol. The van der Waals surface area contributed by atoms with Crippen molar-refractivity contribution in [3.05, 3.63) is 63.1 Å². The van der Waals surface area contributed by atoms with Crippen LogP contribution in [-0.2, 0) is 11.2 Å². The largest absolute Gasteiger partial charge is 0.307 e. The lowest BCUT2D eigenvalue weighted by molar-refractivity contribution is -0.119. The molecule has 0 fully saturated rings. The van der Waals surface area contributed by atoms with Gasteiger partial charge in [-0.1, -0.05) is 41.4 Å². The smallest absolute Gasteiger partial charge is 0.262 e. The van der Waals surface area contributed by atoms with Crippen LogP contribution in [0.2, 0.25) is 10.0 Å². The summed E-state index contributed by atoms with van der Waals surface area (Å²) in [6.45, 7) is 1.63. The van der Waals surface area contributed by atoms with Gasteiger partial charge in [0.25, 0.3) is 11.8 Å². The molecule has 0 saturated heterocycles. The normalized spacial score (nSPS) is 18.3. The van der Waals surface area contributed by atoms with E-state index in [1.165, 1.54) is 12.1 Å². The van der Waals surface area contributed by atoms with Crippen LogP contribution in [0.4, 0.5) is 5.69 Å². The Kier molecular flexibility index (Phi) is 4.01. The fourth-order valence-electron chi connectivity index (χ4n) is 3.58. The van der Waals surface area contributed by atoms with E-state index in [9.17, 15) is 14.4 Å². The fourth-order valence-corrected chi connectivity index (χ4v) is 3.91. The molecule has 2 aliphatic heterocycles. The van der Waals surface area contributed by atoms with E-state index in [1.54, 1.807) is 4.90 Å². The van der Waals surface area contributed by atoms with Crippen LogP contribution in [0.25, 0.3) is 0 Å². The van der Waals surface area contributed by atoms with Crippen molar-refractivity contribution >= 4 is 46.6 Å². The van der Waals surface area contributed by atoms with Crippen LogP contribution < -0.4 is 4.90 Å². The Morgan fingerprint density at radius 3 is 2.27 bits per heavy atom. The summed E-state index contributed by atoms with van der Waals surface area (Å²) in [6.07, 6.45) is 0.745. The molecule has 2 aromatic carbocycles. The zero-order chi connectivity index (χ0) is 18.6. The molecule has 2 aliphatic rings. The summed E-state index contributed by atoms with van der Waals surface area (Å²) in [4.78, 5) is 40.6. The highest BCUT2D eigenvalue weighted by Gasteiger charge is 2.40. The van der Waals surface area contributed by atoms with Gasteiger partial charge in [-0.15, -0.1) is 0 Å². The van der Waals surface area contributed by atoms with Crippen LogP contribution in [0.15, 0.2) is 36.4 Å². The summed E-state index contributed by atoms with van der Waals surface area (Å²) in [5, 5.41) is 0.392. The molecule has 0 radical (unpaired) electrons. The quantitative estimate of drug-likeness (QED) is 0.738. The molecule has 26 heavy (non-hydrogen) atoms. The molecule has 0 N–H and O–H groups in total. The van der Waals surface area contributed by atoms with Crippen molar-refractivity contribution in [2.24, 2.45) is 0 Å². The van der Waals surface area contributed by atoms with Crippen LogP contribution >= 0.6 is 23.2 Å². The van der Waals surface area contributed by atoms with Crippen molar-refractivity contribution in [3.8, 4) is 0 Å². The summed E-state index contributed by atoms with van der Waals surface area (Å²) in [5.74, 6) is -1.36. The molecule has 1 atom stereocenters. The summed E-state index contributed by atoms with van der Waals surface area (Å²) in [5.41, 5.74) is 2.25. The zero-order valence-corrected chi connectivity index (χ0v) is 15.3. The molecule has 0 bridgehead atoms. The topological polar surface area (TPSA) is 57.7 Å². The minimum atomic E-state index is -0.531. The van der Waals surface area contributed by atoms with E-state index in [4.69, 9.17) is 23.2 Å². The number of fused-ring (bicyclic) bond motifs is 2. The van der Waals surface area contributed by atoms with Crippen LogP contribution in [0.1, 0.15) is 33.2 Å². The maximum atomic E-state index is 12.9. The number of rotatable bonds is 2. The lowest BCUT2D eigenvalue weighted by Gasteiger charge is -2.25. The Bertz CT molecular complexity index is 932. The second kappa shape index (κ2) is 6.11. The lowest BCUT2D eigenvalue weighted by atomic mass is 10.1. The summed E-state index contributed by atoms with van der Waals surface area (Å²) in [6, 6.07) is 10.4. The van der Waals surface area contributed by atoms with Gasteiger partial charge in [0.15, 0.2) is 0 Å². The van der Waals surface area contributed by atoms with Crippen molar-refractivity contribution in [1.82, 2.24) is 4.90 Å². The number of hydrogen-bond donors (Lipinski definition) is 0. The average Bonchev–Trinajstić information content (AvgIpc) is 3.05. The van der Waals surface area contributed by atoms with E-state index >= 15 is 0 Å².